The highest BCUT2D eigenvalue weighted by Gasteiger charge is 2.25. The fourth-order valence-corrected chi connectivity index (χ4v) is 2.69. The van der Waals surface area contributed by atoms with Crippen molar-refractivity contribution in [3.05, 3.63) is 35.9 Å². The molecule has 0 saturated carbocycles. The minimum atomic E-state index is -3.68. The van der Waals surface area contributed by atoms with E-state index < -0.39 is 16.2 Å². The predicted molar refractivity (Wildman–Crippen MR) is 76.1 cm³/mol. The van der Waals surface area contributed by atoms with Crippen LogP contribution in [0.4, 0.5) is 0 Å². The number of hydrogen-bond acceptors (Lipinski definition) is 4. The number of likely N-dealkylation sites (N-methyl/N-ethyl adjacent to an activating group) is 1. The van der Waals surface area contributed by atoms with Crippen molar-refractivity contribution in [1.29, 1.82) is 0 Å². The number of hydrogen-bond donors (Lipinski definition) is 0. The first-order valence-corrected chi connectivity index (χ1v) is 7.64. The molecule has 20 heavy (non-hydrogen) atoms. The molecule has 0 aliphatic heterocycles. The highest BCUT2D eigenvalue weighted by atomic mass is 32.2. The standard InChI is InChI=1S/C13H20N2O4S/c1-4-19-13(16)11-15(3)20(17,18)14(2)10-12-8-6-5-7-9-12/h5-9H,4,10-11H2,1-3H3. The van der Waals surface area contributed by atoms with Crippen molar-refractivity contribution < 1.29 is 17.9 Å². The maximum atomic E-state index is 12.2. The fourth-order valence-electron chi connectivity index (χ4n) is 1.63. The molecule has 0 spiro atoms. The fraction of sp³-hybridized carbons (Fsp3) is 0.462. The SMILES string of the molecule is CCOC(=O)CN(C)S(=O)(=O)N(C)Cc1ccccc1. The molecular weight excluding hydrogens is 280 g/mol. The molecule has 0 fully saturated rings. The smallest absolute Gasteiger partial charge is 0.321 e. The number of carbonyl (C=O) groups is 1. The molecule has 7 heteroatoms. The molecular formula is C13H20N2O4S. The lowest BCUT2D eigenvalue weighted by molar-refractivity contribution is -0.143. The summed E-state index contributed by atoms with van der Waals surface area (Å²) in [5.41, 5.74) is 0.878. The van der Waals surface area contributed by atoms with Crippen LogP contribution in [0.25, 0.3) is 0 Å². The summed E-state index contributed by atoms with van der Waals surface area (Å²) in [6.07, 6.45) is 0. The van der Waals surface area contributed by atoms with E-state index in [1.165, 1.54) is 18.4 Å². The molecule has 1 aromatic carbocycles. The Bertz CT molecular complexity index is 531. The predicted octanol–water partition coefficient (Wildman–Crippen LogP) is 0.858. The second-order valence-electron chi connectivity index (χ2n) is 4.31. The first-order chi connectivity index (χ1) is 9.37. The van der Waals surface area contributed by atoms with E-state index >= 15 is 0 Å². The van der Waals surface area contributed by atoms with Crippen molar-refractivity contribution in [1.82, 2.24) is 8.61 Å². The lowest BCUT2D eigenvalue weighted by Gasteiger charge is -2.23. The van der Waals surface area contributed by atoms with Gasteiger partial charge in [-0.15, -0.1) is 0 Å². The number of ether oxygens (including phenoxy) is 1. The van der Waals surface area contributed by atoms with Crippen LogP contribution in [0.3, 0.4) is 0 Å². The molecule has 1 aromatic rings. The van der Waals surface area contributed by atoms with Gasteiger partial charge in [0.15, 0.2) is 0 Å². The number of nitrogens with zero attached hydrogens (tertiary/aromatic N) is 2. The Morgan fingerprint density at radius 2 is 1.75 bits per heavy atom. The Kier molecular flexibility index (Phi) is 6.12. The van der Waals surface area contributed by atoms with E-state index in [1.807, 2.05) is 30.3 Å². The largest absolute Gasteiger partial charge is 0.465 e. The second kappa shape index (κ2) is 7.37. The van der Waals surface area contributed by atoms with Crippen LogP contribution in [0.2, 0.25) is 0 Å². The Hall–Kier alpha value is -1.44. The van der Waals surface area contributed by atoms with Crippen LogP contribution in [-0.4, -0.2) is 50.2 Å². The maximum absolute atomic E-state index is 12.2. The van der Waals surface area contributed by atoms with Gasteiger partial charge >= 0.3 is 5.97 Å². The highest BCUT2D eigenvalue weighted by Crippen LogP contribution is 2.10. The zero-order chi connectivity index (χ0) is 15.2. The molecule has 0 radical (unpaired) electrons. The van der Waals surface area contributed by atoms with Gasteiger partial charge in [-0.3, -0.25) is 4.79 Å². The summed E-state index contributed by atoms with van der Waals surface area (Å²) in [4.78, 5) is 11.3. The molecule has 0 aliphatic rings. The van der Waals surface area contributed by atoms with Crippen LogP contribution in [0.5, 0.6) is 0 Å². The average Bonchev–Trinajstić information content (AvgIpc) is 2.39. The van der Waals surface area contributed by atoms with Crippen molar-refractivity contribution in [3.63, 3.8) is 0 Å². The lowest BCUT2D eigenvalue weighted by atomic mass is 10.2. The van der Waals surface area contributed by atoms with E-state index in [9.17, 15) is 13.2 Å². The molecule has 0 bridgehead atoms. The molecule has 0 heterocycles. The van der Waals surface area contributed by atoms with Crippen molar-refractivity contribution >= 4 is 16.2 Å². The van der Waals surface area contributed by atoms with Crippen LogP contribution < -0.4 is 0 Å². The molecule has 0 aromatic heterocycles. The normalized spacial score (nSPS) is 11.8. The van der Waals surface area contributed by atoms with E-state index in [1.54, 1.807) is 6.92 Å². The van der Waals surface area contributed by atoms with Crippen LogP contribution in [0.1, 0.15) is 12.5 Å². The van der Waals surface area contributed by atoms with Gasteiger partial charge in [0.1, 0.15) is 6.54 Å². The quantitative estimate of drug-likeness (QED) is 0.700. The topological polar surface area (TPSA) is 66.9 Å². The third kappa shape index (κ3) is 4.59. The highest BCUT2D eigenvalue weighted by molar-refractivity contribution is 7.86. The maximum Gasteiger partial charge on any atom is 0.321 e. The van der Waals surface area contributed by atoms with Gasteiger partial charge in [-0.2, -0.15) is 17.0 Å². The average molecular weight is 300 g/mol. The summed E-state index contributed by atoms with van der Waals surface area (Å²) in [6.45, 7) is 1.85. The molecule has 6 nitrogen and oxygen atoms in total. The van der Waals surface area contributed by atoms with Crippen molar-refractivity contribution in [3.8, 4) is 0 Å². The summed E-state index contributed by atoms with van der Waals surface area (Å²) < 4.78 is 31.4. The zero-order valence-electron chi connectivity index (χ0n) is 11.9. The monoisotopic (exact) mass is 300 g/mol. The molecule has 0 atom stereocenters. The number of rotatable bonds is 7. The van der Waals surface area contributed by atoms with Crippen LogP contribution >= 0.6 is 0 Å². The van der Waals surface area contributed by atoms with Crippen LogP contribution in [-0.2, 0) is 26.3 Å². The Morgan fingerprint density at radius 3 is 2.30 bits per heavy atom. The lowest BCUT2D eigenvalue weighted by Crippen LogP contribution is -2.42. The van der Waals surface area contributed by atoms with Gasteiger partial charge in [0.05, 0.1) is 6.61 Å². The number of esters is 1. The first-order valence-electron chi connectivity index (χ1n) is 6.25. The summed E-state index contributed by atoms with van der Waals surface area (Å²) in [5.74, 6) is -0.563. The van der Waals surface area contributed by atoms with Crippen LogP contribution in [0.15, 0.2) is 30.3 Å². The number of carbonyl (C=O) groups excluding carboxylic acids is 1. The van der Waals surface area contributed by atoms with Gasteiger partial charge in [0.25, 0.3) is 10.2 Å². The van der Waals surface area contributed by atoms with Crippen molar-refractivity contribution in [2.45, 2.75) is 13.5 Å². The van der Waals surface area contributed by atoms with Gasteiger partial charge in [0.2, 0.25) is 0 Å². The van der Waals surface area contributed by atoms with E-state index in [2.05, 4.69) is 0 Å². The van der Waals surface area contributed by atoms with E-state index in [0.717, 1.165) is 9.87 Å². The van der Waals surface area contributed by atoms with E-state index in [0.29, 0.717) is 0 Å². The summed E-state index contributed by atoms with van der Waals surface area (Å²) in [7, 11) is -0.854. The van der Waals surface area contributed by atoms with Gasteiger partial charge in [-0.25, -0.2) is 0 Å². The minimum absolute atomic E-state index is 0.229. The summed E-state index contributed by atoms with van der Waals surface area (Å²) >= 11 is 0. The first kappa shape index (κ1) is 16.6. The zero-order valence-corrected chi connectivity index (χ0v) is 12.8. The van der Waals surface area contributed by atoms with E-state index in [4.69, 9.17) is 4.74 Å². The molecule has 0 aliphatic carbocycles. The summed E-state index contributed by atoms with van der Waals surface area (Å²) in [6, 6.07) is 9.25. The van der Waals surface area contributed by atoms with Crippen molar-refractivity contribution in [2.75, 3.05) is 27.2 Å². The third-order valence-corrected chi connectivity index (χ3v) is 4.53. The van der Waals surface area contributed by atoms with Crippen LogP contribution in [0, 0.1) is 0 Å². The Labute approximate surface area is 120 Å². The molecule has 0 N–H and O–H groups in total. The summed E-state index contributed by atoms with van der Waals surface area (Å²) in [5, 5.41) is 0. The molecule has 0 amide bonds. The molecule has 0 saturated heterocycles. The molecule has 112 valence electrons. The molecule has 1 rings (SSSR count). The van der Waals surface area contributed by atoms with E-state index in [-0.39, 0.29) is 19.7 Å². The van der Waals surface area contributed by atoms with Gasteiger partial charge in [-0.05, 0) is 12.5 Å². The second-order valence-corrected chi connectivity index (χ2v) is 6.45. The van der Waals surface area contributed by atoms with Gasteiger partial charge in [-0.1, -0.05) is 30.3 Å². The van der Waals surface area contributed by atoms with Crippen molar-refractivity contribution in [2.24, 2.45) is 0 Å². The van der Waals surface area contributed by atoms with Gasteiger partial charge in [0, 0.05) is 20.6 Å². The minimum Gasteiger partial charge on any atom is -0.465 e. The van der Waals surface area contributed by atoms with Gasteiger partial charge < -0.3 is 4.74 Å². The Morgan fingerprint density at radius 1 is 1.15 bits per heavy atom. The molecule has 0 unspecified atom stereocenters. The Balaban J connectivity index is 2.69. The number of benzene rings is 1. The third-order valence-electron chi connectivity index (χ3n) is 2.69.